The number of nitrogens with zero attached hydrogens (tertiary/aromatic N) is 5. The number of imidazole rings is 1. The van der Waals surface area contributed by atoms with E-state index in [2.05, 4.69) is 15.0 Å². The zero-order valence-corrected chi connectivity index (χ0v) is 19.8. The van der Waals surface area contributed by atoms with Gasteiger partial charge in [0.15, 0.2) is 0 Å². The molecule has 0 saturated carbocycles. The van der Waals surface area contributed by atoms with Crippen molar-refractivity contribution in [1.29, 1.82) is 0 Å². The van der Waals surface area contributed by atoms with E-state index >= 15 is 0 Å². The normalized spacial score (nSPS) is 15.3. The molecule has 5 rings (SSSR count). The maximum Gasteiger partial charge on any atom is 0.254 e. The van der Waals surface area contributed by atoms with Gasteiger partial charge in [-0.1, -0.05) is 18.2 Å². The van der Waals surface area contributed by atoms with Crippen LogP contribution in [-0.4, -0.2) is 50.5 Å². The Morgan fingerprint density at radius 3 is 2.66 bits per heavy atom. The van der Waals surface area contributed by atoms with Gasteiger partial charge in [0.05, 0.1) is 13.4 Å². The molecular formula is C27H27N5O3. The van der Waals surface area contributed by atoms with E-state index in [9.17, 15) is 4.79 Å². The Labute approximate surface area is 204 Å². The van der Waals surface area contributed by atoms with Crippen LogP contribution in [0.4, 0.5) is 0 Å². The van der Waals surface area contributed by atoms with E-state index in [0.717, 1.165) is 29.0 Å². The van der Waals surface area contributed by atoms with Crippen molar-refractivity contribution >= 4 is 5.91 Å². The lowest BCUT2D eigenvalue weighted by Crippen LogP contribution is -2.29. The van der Waals surface area contributed by atoms with Crippen LogP contribution in [0.2, 0.25) is 0 Å². The zero-order chi connectivity index (χ0) is 24.2. The quantitative estimate of drug-likeness (QED) is 0.397. The second-order valence-corrected chi connectivity index (χ2v) is 8.61. The van der Waals surface area contributed by atoms with Gasteiger partial charge in [-0.05, 0) is 49.2 Å². The van der Waals surface area contributed by atoms with Crippen LogP contribution in [0, 0.1) is 6.92 Å². The average molecular weight is 470 g/mol. The molecule has 1 aliphatic rings. The third-order valence-corrected chi connectivity index (χ3v) is 6.13. The fourth-order valence-electron chi connectivity index (χ4n) is 4.33. The summed E-state index contributed by atoms with van der Waals surface area (Å²) in [5.41, 5.74) is 2.52. The van der Waals surface area contributed by atoms with Crippen molar-refractivity contribution in [2.75, 3.05) is 20.2 Å². The third kappa shape index (κ3) is 5.16. The Bertz CT molecular complexity index is 1300. The van der Waals surface area contributed by atoms with Gasteiger partial charge in [-0.2, -0.15) is 4.98 Å². The molecule has 0 aliphatic carbocycles. The van der Waals surface area contributed by atoms with Gasteiger partial charge < -0.3 is 18.9 Å². The fourth-order valence-corrected chi connectivity index (χ4v) is 4.33. The number of rotatable bonds is 7. The van der Waals surface area contributed by atoms with Gasteiger partial charge in [-0.3, -0.25) is 4.79 Å². The monoisotopic (exact) mass is 469 g/mol. The predicted molar refractivity (Wildman–Crippen MR) is 131 cm³/mol. The minimum atomic E-state index is 0.0329. The van der Waals surface area contributed by atoms with Crippen LogP contribution in [0.25, 0.3) is 0 Å². The first-order chi connectivity index (χ1) is 17.1. The molecule has 3 heterocycles. The maximum absolute atomic E-state index is 13.4. The third-order valence-electron chi connectivity index (χ3n) is 6.13. The van der Waals surface area contributed by atoms with Crippen molar-refractivity contribution in [3.8, 4) is 17.4 Å². The van der Waals surface area contributed by atoms with Crippen molar-refractivity contribution in [1.82, 2.24) is 24.4 Å². The molecule has 1 amide bonds. The number of carbonyl (C=O) groups is 1. The van der Waals surface area contributed by atoms with Crippen molar-refractivity contribution in [3.05, 3.63) is 96.0 Å². The molecule has 0 unspecified atom stereocenters. The largest absolute Gasteiger partial charge is 0.497 e. The lowest BCUT2D eigenvalue weighted by atomic mass is 10.1. The van der Waals surface area contributed by atoms with Gasteiger partial charge in [-0.25, -0.2) is 9.97 Å². The van der Waals surface area contributed by atoms with Crippen LogP contribution < -0.4 is 9.47 Å². The Balaban J connectivity index is 1.30. The highest BCUT2D eigenvalue weighted by Crippen LogP contribution is 2.29. The Hall–Kier alpha value is -4.20. The van der Waals surface area contributed by atoms with Gasteiger partial charge in [-0.15, -0.1) is 0 Å². The van der Waals surface area contributed by atoms with Crippen LogP contribution in [0.3, 0.4) is 0 Å². The second-order valence-electron chi connectivity index (χ2n) is 8.61. The topological polar surface area (TPSA) is 82.4 Å². The number of aromatic nitrogens is 4. The minimum absolute atomic E-state index is 0.0329. The Morgan fingerprint density at radius 1 is 1.09 bits per heavy atom. The summed E-state index contributed by atoms with van der Waals surface area (Å²) in [5, 5.41) is 0. The van der Waals surface area contributed by atoms with E-state index in [1.807, 2.05) is 77.2 Å². The SMILES string of the molecule is COc1ccc(Oc2cc(C)nc([C@H]3CCN(C(=O)c4ccccc4Cn4ccnc4)C3)n2)cc1. The van der Waals surface area contributed by atoms with Crippen molar-refractivity contribution in [2.24, 2.45) is 0 Å². The average Bonchev–Trinajstić information content (AvgIpc) is 3.57. The van der Waals surface area contributed by atoms with Crippen LogP contribution in [0.5, 0.6) is 17.4 Å². The molecule has 4 aromatic rings. The summed E-state index contributed by atoms with van der Waals surface area (Å²) in [6.45, 7) is 3.76. The molecule has 1 aliphatic heterocycles. The van der Waals surface area contributed by atoms with Crippen molar-refractivity contribution in [3.63, 3.8) is 0 Å². The Morgan fingerprint density at radius 2 is 1.89 bits per heavy atom. The molecular weight excluding hydrogens is 442 g/mol. The highest BCUT2D eigenvalue weighted by atomic mass is 16.5. The van der Waals surface area contributed by atoms with Gasteiger partial charge in [0.25, 0.3) is 5.91 Å². The van der Waals surface area contributed by atoms with Gasteiger partial charge >= 0.3 is 0 Å². The minimum Gasteiger partial charge on any atom is -0.497 e. The number of carbonyl (C=O) groups excluding carboxylic acids is 1. The number of ether oxygens (including phenoxy) is 2. The van der Waals surface area contributed by atoms with Crippen LogP contribution in [0.1, 0.15) is 39.8 Å². The molecule has 2 aromatic carbocycles. The van der Waals surface area contributed by atoms with Crippen molar-refractivity contribution in [2.45, 2.75) is 25.8 Å². The zero-order valence-electron chi connectivity index (χ0n) is 19.8. The molecule has 0 N–H and O–H groups in total. The molecule has 0 spiro atoms. The predicted octanol–water partition coefficient (Wildman–Crippen LogP) is 4.46. The number of amides is 1. The molecule has 178 valence electrons. The molecule has 1 saturated heterocycles. The van der Waals surface area contributed by atoms with Crippen LogP contribution in [-0.2, 0) is 6.54 Å². The summed E-state index contributed by atoms with van der Waals surface area (Å²) < 4.78 is 13.1. The van der Waals surface area contributed by atoms with Gasteiger partial charge in [0.1, 0.15) is 17.3 Å². The first-order valence-electron chi connectivity index (χ1n) is 11.6. The summed E-state index contributed by atoms with van der Waals surface area (Å²) >= 11 is 0. The molecule has 0 radical (unpaired) electrons. The smallest absolute Gasteiger partial charge is 0.254 e. The summed E-state index contributed by atoms with van der Waals surface area (Å²) in [5.74, 6) is 2.72. The number of methoxy groups -OCH3 is 1. The molecule has 2 aromatic heterocycles. The molecule has 8 heteroatoms. The summed E-state index contributed by atoms with van der Waals surface area (Å²) in [4.78, 5) is 28.8. The van der Waals surface area contributed by atoms with E-state index in [4.69, 9.17) is 9.47 Å². The summed E-state index contributed by atoms with van der Waals surface area (Å²) in [7, 11) is 1.63. The van der Waals surface area contributed by atoms with E-state index < -0.39 is 0 Å². The molecule has 8 nitrogen and oxygen atoms in total. The van der Waals surface area contributed by atoms with Gasteiger partial charge in [0, 0.05) is 55.3 Å². The second kappa shape index (κ2) is 9.97. The van der Waals surface area contributed by atoms with Gasteiger partial charge in [0.2, 0.25) is 5.88 Å². The first-order valence-corrected chi connectivity index (χ1v) is 11.6. The van der Waals surface area contributed by atoms with Crippen LogP contribution >= 0.6 is 0 Å². The van der Waals surface area contributed by atoms with E-state index in [1.54, 1.807) is 19.6 Å². The number of likely N-dealkylation sites (tertiary alicyclic amines) is 1. The van der Waals surface area contributed by atoms with Crippen molar-refractivity contribution < 1.29 is 14.3 Å². The molecule has 1 fully saturated rings. The summed E-state index contributed by atoms with van der Waals surface area (Å²) in [6.07, 6.45) is 6.20. The number of aryl methyl sites for hydroxylation is 1. The number of benzene rings is 2. The Kier molecular flexibility index (Phi) is 6.43. The highest BCUT2D eigenvalue weighted by molar-refractivity contribution is 5.96. The fraction of sp³-hybridized carbons (Fsp3) is 0.259. The lowest BCUT2D eigenvalue weighted by molar-refractivity contribution is 0.0789. The van der Waals surface area contributed by atoms with E-state index in [1.165, 1.54) is 0 Å². The number of hydrogen-bond donors (Lipinski definition) is 0. The molecule has 0 bridgehead atoms. The van der Waals surface area contributed by atoms with Crippen LogP contribution in [0.15, 0.2) is 73.3 Å². The van der Waals surface area contributed by atoms with E-state index in [0.29, 0.717) is 37.1 Å². The summed E-state index contributed by atoms with van der Waals surface area (Å²) in [6, 6.07) is 16.9. The molecule has 1 atom stereocenters. The first kappa shape index (κ1) is 22.6. The molecule has 35 heavy (non-hydrogen) atoms. The van der Waals surface area contributed by atoms with E-state index in [-0.39, 0.29) is 11.8 Å². The maximum atomic E-state index is 13.4. The number of hydrogen-bond acceptors (Lipinski definition) is 6. The lowest BCUT2D eigenvalue weighted by Gasteiger charge is -2.19. The standard InChI is InChI=1S/C27H27N5O3/c1-19-15-25(35-23-9-7-22(34-2)8-10-23)30-26(29-19)21-11-13-32(17-21)27(33)24-6-4-3-5-20(24)16-31-14-12-28-18-31/h3-10,12,14-15,18,21H,11,13,16-17H2,1-2H3/t21-/m0/s1. The highest BCUT2D eigenvalue weighted by Gasteiger charge is 2.31.